The Morgan fingerprint density at radius 1 is 1.10 bits per heavy atom. The van der Waals surface area contributed by atoms with E-state index in [0.29, 0.717) is 25.3 Å². The number of rotatable bonds is 14. The Morgan fingerprint density at radius 3 is 2.48 bits per heavy atom. The van der Waals surface area contributed by atoms with Crippen molar-refractivity contribution in [1.82, 2.24) is 14.2 Å². The predicted molar refractivity (Wildman–Crippen MR) is 154 cm³/mol. The number of hydrogen-bond acceptors (Lipinski definition) is 8. The molecule has 0 radical (unpaired) electrons. The van der Waals surface area contributed by atoms with Gasteiger partial charge < -0.3 is 19.5 Å². The maximum absolute atomic E-state index is 13.7. The summed E-state index contributed by atoms with van der Waals surface area (Å²) in [5.74, 6) is 0.797. The van der Waals surface area contributed by atoms with Gasteiger partial charge in [-0.1, -0.05) is 43.2 Å². The van der Waals surface area contributed by atoms with E-state index in [4.69, 9.17) is 9.47 Å². The average Bonchev–Trinajstić information content (AvgIpc) is 3.69. The monoisotopic (exact) mass is 587 g/mol. The molecule has 3 aromatic rings. The standard InChI is InChI=1S/C29H37N3O6S2/c1-37-26-11-13-28(14-12-26)40(35,36)32(18-24-9-5-6-10-24)20-25(33)19-31(16-15-23-7-3-2-4-8-23)29(34)38-21-27-17-30-22-39-27/h2-4,7-8,11-14,17,22,24-25,33H,5-6,9-10,15-16,18-21H2,1H3/t25-/m0/s1. The minimum atomic E-state index is -3.88. The number of aromatic nitrogens is 1. The third-order valence-electron chi connectivity index (χ3n) is 7.07. The Morgan fingerprint density at radius 2 is 1.82 bits per heavy atom. The number of aliphatic hydroxyl groups excluding tert-OH is 1. The summed E-state index contributed by atoms with van der Waals surface area (Å²) in [4.78, 5) is 19.5. The fraction of sp³-hybridized carbons (Fsp3) is 0.448. The van der Waals surface area contributed by atoms with Crippen LogP contribution in [0.5, 0.6) is 5.75 Å². The third-order valence-corrected chi connectivity index (χ3v) is 9.67. The van der Waals surface area contributed by atoms with Crippen molar-refractivity contribution in [3.8, 4) is 5.75 Å². The lowest BCUT2D eigenvalue weighted by atomic mass is 10.1. The highest BCUT2D eigenvalue weighted by Gasteiger charge is 2.31. The van der Waals surface area contributed by atoms with Crippen molar-refractivity contribution in [1.29, 1.82) is 0 Å². The van der Waals surface area contributed by atoms with Crippen LogP contribution in [0.15, 0.2) is 71.2 Å². The molecule has 11 heteroatoms. The zero-order valence-electron chi connectivity index (χ0n) is 22.7. The summed E-state index contributed by atoms with van der Waals surface area (Å²) in [5, 5.41) is 11.2. The number of nitrogens with zero attached hydrogens (tertiary/aromatic N) is 3. The van der Waals surface area contributed by atoms with Crippen LogP contribution >= 0.6 is 11.3 Å². The molecule has 1 heterocycles. The van der Waals surface area contributed by atoms with Crippen LogP contribution < -0.4 is 4.74 Å². The Balaban J connectivity index is 1.47. The highest BCUT2D eigenvalue weighted by atomic mass is 32.2. The maximum atomic E-state index is 13.7. The summed E-state index contributed by atoms with van der Waals surface area (Å²) < 4.78 is 39.4. The lowest BCUT2D eigenvalue weighted by molar-refractivity contribution is 0.0625. The molecular weight excluding hydrogens is 550 g/mol. The fourth-order valence-corrected chi connectivity index (χ4v) is 6.96. The van der Waals surface area contributed by atoms with Gasteiger partial charge in [0.25, 0.3) is 0 Å². The van der Waals surface area contributed by atoms with Crippen molar-refractivity contribution in [2.75, 3.05) is 33.3 Å². The molecule has 1 atom stereocenters. The number of hydrogen-bond donors (Lipinski definition) is 1. The Hall–Kier alpha value is -2.99. The number of ether oxygens (including phenoxy) is 2. The topological polar surface area (TPSA) is 109 Å². The summed E-state index contributed by atoms with van der Waals surface area (Å²) in [6.07, 6.45) is 4.59. The van der Waals surface area contributed by atoms with Crippen molar-refractivity contribution in [3.63, 3.8) is 0 Å². The Kier molecular flexibility index (Phi) is 10.9. The molecule has 9 nitrogen and oxygen atoms in total. The fourth-order valence-electron chi connectivity index (χ4n) is 4.90. The summed E-state index contributed by atoms with van der Waals surface area (Å²) in [6.45, 7) is 0.533. The van der Waals surface area contributed by atoms with Crippen molar-refractivity contribution < 1.29 is 27.8 Å². The number of carbonyl (C=O) groups is 1. The second kappa shape index (κ2) is 14.6. The summed E-state index contributed by atoms with van der Waals surface area (Å²) in [7, 11) is -2.36. The van der Waals surface area contributed by atoms with Crippen LogP contribution in [0.2, 0.25) is 0 Å². The summed E-state index contributed by atoms with van der Waals surface area (Å²) >= 11 is 1.39. The van der Waals surface area contributed by atoms with Gasteiger partial charge in [0, 0.05) is 25.8 Å². The molecule has 1 fully saturated rings. The van der Waals surface area contributed by atoms with Crippen molar-refractivity contribution in [2.45, 2.75) is 49.7 Å². The second-order valence-corrected chi connectivity index (χ2v) is 12.9. The van der Waals surface area contributed by atoms with E-state index in [9.17, 15) is 18.3 Å². The van der Waals surface area contributed by atoms with Gasteiger partial charge in [-0.3, -0.25) is 4.98 Å². The zero-order valence-corrected chi connectivity index (χ0v) is 24.4. The van der Waals surface area contributed by atoms with Crippen LogP contribution in [0.25, 0.3) is 0 Å². The lowest BCUT2D eigenvalue weighted by Gasteiger charge is -2.30. The molecule has 0 aliphatic heterocycles. The van der Waals surface area contributed by atoms with Crippen LogP contribution in [-0.2, 0) is 27.8 Å². The van der Waals surface area contributed by atoms with E-state index in [1.807, 2.05) is 30.3 Å². The molecule has 216 valence electrons. The van der Waals surface area contributed by atoms with Gasteiger partial charge in [-0.15, -0.1) is 11.3 Å². The van der Waals surface area contributed by atoms with Crippen LogP contribution in [0.1, 0.15) is 36.1 Å². The summed E-state index contributed by atoms with van der Waals surface area (Å²) in [6, 6.07) is 16.0. The predicted octanol–water partition coefficient (Wildman–Crippen LogP) is 4.58. The first-order chi connectivity index (χ1) is 19.3. The van der Waals surface area contributed by atoms with Crippen LogP contribution in [-0.4, -0.2) is 73.2 Å². The number of sulfonamides is 1. The molecule has 1 aliphatic carbocycles. The molecule has 1 aliphatic rings. The van der Waals surface area contributed by atoms with E-state index in [0.717, 1.165) is 36.1 Å². The van der Waals surface area contributed by atoms with Crippen molar-refractivity contribution in [3.05, 3.63) is 76.7 Å². The number of aliphatic hydroxyl groups is 1. The van der Waals surface area contributed by atoms with Crippen molar-refractivity contribution in [2.24, 2.45) is 5.92 Å². The number of amides is 1. The molecule has 40 heavy (non-hydrogen) atoms. The number of carbonyl (C=O) groups excluding carboxylic acids is 1. The molecule has 0 bridgehead atoms. The quantitative estimate of drug-likeness (QED) is 0.294. The van der Waals surface area contributed by atoms with Gasteiger partial charge in [-0.05, 0) is 55.0 Å². The van der Waals surface area contributed by atoms with Gasteiger partial charge in [0.1, 0.15) is 12.4 Å². The highest BCUT2D eigenvalue weighted by molar-refractivity contribution is 7.89. The molecule has 0 unspecified atom stereocenters. The van der Waals surface area contributed by atoms with Gasteiger partial charge in [0.05, 0.1) is 35.0 Å². The minimum Gasteiger partial charge on any atom is -0.497 e. The number of methoxy groups -OCH3 is 1. The van der Waals surface area contributed by atoms with E-state index in [2.05, 4.69) is 4.98 Å². The number of benzene rings is 2. The van der Waals surface area contributed by atoms with E-state index >= 15 is 0 Å². The van der Waals surface area contributed by atoms with Gasteiger partial charge in [-0.25, -0.2) is 13.2 Å². The molecule has 1 saturated carbocycles. The average molecular weight is 588 g/mol. The zero-order chi connectivity index (χ0) is 28.4. The van der Waals surface area contributed by atoms with E-state index < -0.39 is 22.2 Å². The van der Waals surface area contributed by atoms with Crippen LogP contribution in [0.3, 0.4) is 0 Å². The van der Waals surface area contributed by atoms with E-state index in [-0.39, 0.29) is 30.5 Å². The molecule has 0 saturated heterocycles. The van der Waals surface area contributed by atoms with Gasteiger partial charge in [0.2, 0.25) is 10.0 Å². The Labute approximate surface area is 240 Å². The first-order valence-corrected chi connectivity index (χ1v) is 15.8. The highest BCUT2D eigenvalue weighted by Crippen LogP contribution is 2.28. The summed E-state index contributed by atoms with van der Waals surface area (Å²) in [5.41, 5.74) is 2.71. The lowest BCUT2D eigenvalue weighted by Crippen LogP contribution is -2.46. The largest absolute Gasteiger partial charge is 0.497 e. The Bertz CT molecular complexity index is 1280. The molecular formula is C29H37N3O6S2. The molecule has 4 rings (SSSR count). The van der Waals surface area contributed by atoms with Crippen LogP contribution in [0.4, 0.5) is 4.79 Å². The smallest absolute Gasteiger partial charge is 0.410 e. The van der Waals surface area contributed by atoms with Gasteiger partial charge in [-0.2, -0.15) is 4.31 Å². The van der Waals surface area contributed by atoms with E-state index in [1.165, 1.54) is 39.8 Å². The number of thiazole rings is 1. The minimum absolute atomic E-state index is 0.0618. The normalized spacial score (nSPS) is 14.8. The van der Waals surface area contributed by atoms with Gasteiger partial charge in [0.15, 0.2) is 0 Å². The third kappa shape index (κ3) is 8.50. The van der Waals surface area contributed by atoms with Crippen molar-refractivity contribution >= 4 is 27.5 Å². The maximum Gasteiger partial charge on any atom is 0.410 e. The molecule has 1 N–H and O–H groups in total. The van der Waals surface area contributed by atoms with E-state index in [1.54, 1.807) is 23.8 Å². The first-order valence-electron chi connectivity index (χ1n) is 13.5. The SMILES string of the molecule is COc1ccc(S(=O)(=O)N(CC2CCCC2)C[C@@H](O)CN(CCc2ccccc2)C(=O)OCc2cncs2)cc1. The molecule has 0 spiro atoms. The molecule has 1 aromatic heterocycles. The molecule has 2 aromatic carbocycles. The van der Waals surface area contributed by atoms with Crippen LogP contribution in [0, 0.1) is 5.92 Å². The first kappa shape index (κ1) is 30.0. The second-order valence-electron chi connectivity index (χ2n) is 10.0. The molecule has 1 amide bonds. The van der Waals surface area contributed by atoms with Gasteiger partial charge >= 0.3 is 6.09 Å².